The van der Waals surface area contributed by atoms with Gasteiger partial charge in [0, 0.05) is 31.1 Å². The van der Waals surface area contributed by atoms with Crippen LogP contribution in [0.3, 0.4) is 0 Å². The maximum Gasteiger partial charge on any atom is 0.409 e. The molecule has 8 heteroatoms. The number of likely N-dealkylation sites (tertiary alicyclic amines) is 1. The quantitative estimate of drug-likeness (QED) is 0.809. The fraction of sp³-hybridized carbons (Fsp3) is 0.500. The van der Waals surface area contributed by atoms with Crippen LogP contribution in [-0.2, 0) is 9.53 Å². The molecule has 0 spiro atoms. The third kappa shape index (κ3) is 3.89. The average molecular weight is 362 g/mol. The van der Waals surface area contributed by atoms with E-state index in [0.29, 0.717) is 42.4 Å². The van der Waals surface area contributed by atoms with Gasteiger partial charge in [0.25, 0.3) is 0 Å². The Morgan fingerprint density at radius 3 is 2.69 bits per heavy atom. The van der Waals surface area contributed by atoms with Crippen molar-refractivity contribution in [1.82, 2.24) is 4.90 Å². The molecule has 0 bridgehead atoms. The van der Waals surface area contributed by atoms with Crippen LogP contribution in [-0.4, -0.2) is 49.2 Å². The first kappa shape index (κ1) is 18.0. The van der Waals surface area contributed by atoms with Crippen LogP contribution in [0.15, 0.2) is 12.1 Å². The Kier molecular flexibility index (Phi) is 5.29. The van der Waals surface area contributed by atoms with E-state index in [-0.39, 0.29) is 36.9 Å². The van der Waals surface area contributed by atoms with E-state index in [2.05, 4.69) is 5.32 Å². The van der Waals surface area contributed by atoms with E-state index in [4.69, 9.17) is 14.2 Å². The van der Waals surface area contributed by atoms with Gasteiger partial charge in [0.05, 0.1) is 12.3 Å². The fourth-order valence-electron chi connectivity index (χ4n) is 3.18. The summed E-state index contributed by atoms with van der Waals surface area (Å²) in [7, 11) is 0. The molecule has 1 N–H and O–H groups in total. The minimum atomic E-state index is -0.343. The standard InChI is InChI=1S/C18H22N2O6/c1-3-24-18(23)20-5-4-12(9-20)6-17(22)19-14-8-16-15(25-10-26-16)7-13(14)11(2)21/h7-8,12H,3-6,9-10H2,1-2H3,(H,19,22). The Morgan fingerprint density at radius 2 is 2.00 bits per heavy atom. The van der Waals surface area contributed by atoms with Crippen LogP contribution in [0.25, 0.3) is 0 Å². The predicted octanol–water partition coefficient (Wildman–Crippen LogP) is 2.42. The first-order valence-electron chi connectivity index (χ1n) is 8.64. The zero-order chi connectivity index (χ0) is 18.7. The van der Waals surface area contributed by atoms with Gasteiger partial charge in [-0.2, -0.15) is 0 Å². The van der Waals surface area contributed by atoms with Crippen molar-refractivity contribution in [3.05, 3.63) is 17.7 Å². The number of carbonyl (C=O) groups is 3. The molecule has 1 fully saturated rings. The van der Waals surface area contributed by atoms with Gasteiger partial charge in [0.1, 0.15) is 0 Å². The van der Waals surface area contributed by atoms with E-state index < -0.39 is 0 Å². The highest BCUT2D eigenvalue weighted by atomic mass is 16.7. The van der Waals surface area contributed by atoms with Gasteiger partial charge in [0.15, 0.2) is 17.3 Å². The Hall–Kier alpha value is -2.77. The topological polar surface area (TPSA) is 94.2 Å². The van der Waals surface area contributed by atoms with Gasteiger partial charge in [-0.25, -0.2) is 4.79 Å². The number of ketones is 1. The highest BCUT2D eigenvalue weighted by molar-refractivity contribution is 6.04. The molecular formula is C18H22N2O6. The van der Waals surface area contributed by atoms with Crippen molar-refractivity contribution in [1.29, 1.82) is 0 Å². The Balaban J connectivity index is 1.62. The summed E-state index contributed by atoms with van der Waals surface area (Å²) in [6, 6.07) is 3.19. The van der Waals surface area contributed by atoms with Gasteiger partial charge in [0.2, 0.25) is 12.7 Å². The molecule has 1 aromatic rings. The number of amides is 2. The lowest BCUT2D eigenvalue weighted by atomic mass is 10.0. The molecule has 0 saturated carbocycles. The van der Waals surface area contributed by atoms with Gasteiger partial charge < -0.3 is 24.4 Å². The minimum absolute atomic E-state index is 0.0641. The number of nitrogens with zero attached hydrogens (tertiary/aromatic N) is 1. The number of rotatable bonds is 5. The fourth-order valence-corrected chi connectivity index (χ4v) is 3.18. The van der Waals surface area contributed by atoms with Crippen molar-refractivity contribution in [3.8, 4) is 11.5 Å². The van der Waals surface area contributed by atoms with Gasteiger partial charge in [-0.15, -0.1) is 0 Å². The third-order valence-electron chi connectivity index (χ3n) is 4.45. The van der Waals surface area contributed by atoms with Crippen molar-refractivity contribution in [2.45, 2.75) is 26.7 Å². The SMILES string of the molecule is CCOC(=O)N1CCC(CC(=O)Nc2cc3c(cc2C(C)=O)OCO3)C1. The van der Waals surface area contributed by atoms with Crippen molar-refractivity contribution >= 4 is 23.5 Å². The van der Waals surface area contributed by atoms with Crippen LogP contribution < -0.4 is 14.8 Å². The molecule has 0 aliphatic carbocycles. The van der Waals surface area contributed by atoms with Gasteiger partial charge in [-0.05, 0) is 32.3 Å². The second-order valence-electron chi connectivity index (χ2n) is 6.36. The van der Waals surface area contributed by atoms with Crippen molar-refractivity contribution in [2.24, 2.45) is 5.92 Å². The summed E-state index contributed by atoms with van der Waals surface area (Å²) in [6.07, 6.45) is 0.666. The van der Waals surface area contributed by atoms with Crippen LogP contribution in [0.1, 0.15) is 37.0 Å². The van der Waals surface area contributed by atoms with Crippen LogP contribution in [0.5, 0.6) is 11.5 Å². The number of nitrogens with one attached hydrogen (secondary N) is 1. The second kappa shape index (κ2) is 7.63. The number of fused-ring (bicyclic) bond motifs is 1. The minimum Gasteiger partial charge on any atom is -0.454 e. The number of hydrogen-bond donors (Lipinski definition) is 1. The molecular weight excluding hydrogens is 340 g/mol. The zero-order valence-corrected chi connectivity index (χ0v) is 14.9. The molecule has 2 aliphatic rings. The molecule has 140 valence electrons. The van der Waals surface area contributed by atoms with E-state index in [1.807, 2.05) is 0 Å². The number of ether oxygens (including phenoxy) is 3. The van der Waals surface area contributed by atoms with Gasteiger partial charge in [-0.1, -0.05) is 0 Å². The second-order valence-corrected chi connectivity index (χ2v) is 6.36. The van der Waals surface area contributed by atoms with Crippen molar-refractivity contribution in [2.75, 3.05) is 31.8 Å². The lowest BCUT2D eigenvalue weighted by Gasteiger charge is -2.16. The number of hydrogen-bond acceptors (Lipinski definition) is 6. The van der Waals surface area contributed by atoms with Crippen molar-refractivity contribution < 1.29 is 28.6 Å². The first-order valence-corrected chi connectivity index (χ1v) is 8.64. The van der Waals surface area contributed by atoms with Crippen LogP contribution >= 0.6 is 0 Å². The molecule has 0 aromatic heterocycles. The highest BCUT2D eigenvalue weighted by Gasteiger charge is 2.29. The Bertz CT molecular complexity index is 733. The number of carbonyl (C=O) groups excluding carboxylic acids is 3. The van der Waals surface area contributed by atoms with E-state index in [0.717, 1.165) is 6.42 Å². The van der Waals surface area contributed by atoms with Crippen LogP contribution in [0, 0.1) is 5.92 Å². The highest BCUT2D eigenvalue weighted by Crippen LogP contribution is 2.37. The third-order valence-corrected chi connectivity index (χ3v) is 4.45. The van der Waals surface area contributed by atoms with Gasteiger partial charge >= 0.3 is 6.09 Å². The molecule has 1 unspecified atom stereocenters. The molecule has 1 aromatic carbocycles. The van der Waals surface area contributed by atoms with E-state index in [1.165, 1.54) is 6.92 Å². The lowest BCUT2D eigenvalue weighted by Crippen LogP contribution is -2.30. The zero-order valence-electron chi connectivity index (χ0n) is 14.9. The summed E-state index contributed by atoms with van der Waals surface area (Å²) in [5, 5.41) is 2.79. The number of anilines is 1. The maximum atomic E-state index is 12.4. The lowest BCUT2D eigenvalue weighted by molar-refractivity contribution is -0.117. The summed E-state index contributed by atoms with van der Waals surface area (Å²) < 4.78 is 15.6. The molecule has 8 nitrogen and oxygen atoms in total. The normalized spacial score (nSPS) is 17.9. The number of Topliss-reactive ketones (excluding diaryl/α,β-unsaturated/α-hetero) is 1. The largest absolute Gasteiger partial charge is 0.454 e. The van der Waals surface area contributed by atoms with Crippen LogP contribution in [0.2, 0.25) is 0 Å². The Morgan fingerprint density at radius 1 is 1.27 bits per heavy atom. The molecule has 2 amide bonds. The van der Waals surface area contributed by atoms with Gasteiger partial charge in [-0.3, -0.25) is 9.59 Å². The molecule has 3 rings (SSSR count). The predicted molar refractivity (Wildman–Crippen MR) is 92.5 cm³/mol. The number of benzene rings is 1. The Labute approximate surface area is 151 Å². The summed E-state index contributed by atoms with van der Waals surface area (Å²) in [5.41, 5.74) is 0.786. The molecule has 0 radical (unpaired) electrons. The summed E-state index contributed by atoms with van der Waals surface area (Å²) in [6.45, 7) is 4.69. The van der Waals surface area contributed by atoms with Crippen LogP contribution in [0.4, 0.5) is 10.5 Å². The summed E-state index contributed by atoms with van der Waals surface area (Å²) >= 11 is 0. The smallest absolute Gasteiger partial charge is 0.409 e. The molecule has 2 heterocycles. The van der Waals surface area contributed by atoms with E-state index >= 15 is 0 Å². The summed E-state index contributed by atoms with van der Waals surface area (Å²) in [4.78, 5) is 37.6. The molecule has 1 atom stereocenters. The van der Waals surface area contributed by atoms with E-state index in [1.54, 1.807) is 24.0 Å². The molecule has 26 heavy (non-hydrogen) atoms. The monoisotopic (exact) mass is 362 g/mol. The first-order chi connectivity index (χ1) is 12.5. The summed E-state index contributed by atoms with van der Waals surface area (Å²) in [5.74, 6) is 0.679. The maximum absolute atomic E-state index is 12.4. The molecule has 1 saturated heterocycles. The molecule has 2 aliphatic heterocycles. The van der Waals surface area contributed by atoms with Crippen molar-refractivity contribution in [3.63, 3.8) is 0 Å². The average Bonchev–Trinajstić information content (AvgIpc) is 3.22. The van der Waals surface area contributed by atoms with E-state index in [9.17, 15) is 14.4 Å².